The van der Waals surface area contributed by atoms with Crippen LogP contribution in [0.1, 0.15) is 26.7 Å². The largest absolute Gasteiger partial charge is 0.382 e. The standard InChI is InChI=1S/C16H27N3/c1-13(2)19-11-9-15(10-12-19)17-14-5-7-16(8-6-14)18(3)4/h5-8,13,15,17H,9-12H2,1-4H3. The van der Waals surface area contributed by atoms with Gasteiger partial charge in [0.1, 0.15) is 0 Å². The second-order valence-electron chi connectivity index (χ2n) is 5.99. The van der Waals surface area contributed by atoms with Crippen LogP contribution in [0.4, 0.5) is 11.4 Å². The molecule has 0 amide bonds. The number of nitrogens with zero attached hydrogens (tertiary/aromatic N) is 2. The fourth-order valence-electron chi connectivity index (χ4n) is 2.65. The van der Waals surface area contributed by atoms with Crippen molar-refractivity contribution in [3.63, 3.8) is 0 Å². The number of nitrogens with one attached hydrogen (secondary N) is 1. The van der Waals surface area contributed by atoms with E-state index in [0.29, 0.717) is 12.1 Å². The highest BCUT2D eigenvalue weighted by molar-refractivity contribution is 5.54. The minimum absolute atomic E-state index is 0.625. The van der Waals surface area contributed by atoms with Gasteiger partial charge in [-0.3, -0.25) is 0 Å². The summed E-state index contributed by atoms with van der Waals surface area (Å²) in [5.74, 6) is 0. The zero-order valence-electron chi connectivity index (χ0n) is 12.7. The third kappa shape index (κ3) is 3.87. The first-order chi connectivity index (χ1) is 9.06. The van der Waals surface area contributed by atoms with Gasteiger partial charge in [0.25, 0.3) is 0 Å². The molecule has 19 heavy (non-hydrogen) atoms. The predicted octanol–water partition coefficient (Wildman–Crippen LogP) is 3.04. The Balaban J connectivity index is 1.85. The Kier molecular flexibility index (Phi) is 4.70. The number of anilines is 2. The fourth-order valence-corrected chi connectivity index (χ4v) is 2.65. The van der Waals surface area contributed by atoms with Crippen molar-refractivity contribution in [1.82, 2.24) is 4.90 Å². The highest BCUT2D eigenvalue weighted by Gasteiger charge is 2.20. The normalized spacial score (nSPS) is 17.7. The van der Waals surface area contributed by atoms with Gasteiger partial charge in [-0.2, -0.15) is 0 Å². The predicted molar refractivity (Wildman–Crippen MR) is 84.1 cm³/mol. The Morgan fingerprint density at radius 1 is 1.11 bits per heavy atom. The highest BCUT2D eigenvalue weighted by Crippen LogP contribution is 2.20. The number of rotatable bonds is 4. The van der Waals surface area contributed by atoms with Crippen LogP contribution in [0.5, 0.6) is 0 Å². The van der Waals surface area contributed by atoms with Crippen molar-refractivity contribution in [1.29, 1.82) is 0 Å². The summed E-state index contributed by atoms with van der Waals surface area (Å²) in [6.45, 7) is 7.00. The zero-order chi connectivity index (χ0) is 13.8. The van der Waals surface area contributed by atoms with E-state index in [2.05, 4.69) is 67.3 Å². The van der Waals surface area contributed by atoms with E-state index in [4.69, 9.17) is 0 Å². The molecular weight excluding hydrogens is 234 g/mol. The molecule has 0 aromatic heterocycles. The average Bonchev–Trinajstić information content (AvgIpc) is 2.40. The van der Waals surface area contributed by atoms with Gasteiger partial charge in [0, 0.05) is 50.6 Å². The molecule has 1 aromatic rings. The lowest BCUT2D eigenvalue weighted by molar-refractivity contribution is 0.177. The van der Waals surface area contributed by atoms with Crippen molar-refractivity contribution >= 4 is 11.4 Å². The van der Waals surface area contributed by atoms with Gasteiger partial charge < -0.3 is 15.1 Å². The van der Waals surface area contributed by atoms with Crippen LogP contribution < -0.4 is 10.2 Å². The quantitative estimate of drug-likeness (QED) is 0.899. The van der Waals surface area contributed by atoms with Crippen molar-refractivity contribution in [2.24, 2.45) is 0 Å². The van der Waals surface area contributed by atoms with Gasteiger partial charge in [0.05, 0.1) is 0 Å². The average molecular weight is 261 g/mol. The van der Waals surface area contributed by atoms with Crippen LogP contribution in [-0.4, -0.2) is 44.2 Å². The molecule has 1 aromatic carbocycles. The second kappa shape index (κ2) is 6.29. The third-order valence-corrected chi connectivity index (χ3v) is 4.01. The van der Waals surface area contributed by atoms with Crippen LogP contribution in [0.3, 0.4) is 0 Å². The Hall–Kier alpha value is -1.22. The van der Waals surface area contributed by atoms with Crippen LogP contribution in [0.2, 0.25) is 0 Å². The molecule has 106 valence electrons. The fraction of sp³-hybridized carbons (Fsp3) is 0.625. The van der Waals surface area contributed by atoms with Gasteiger partial charge in [-0.15, -0.1) is 0 Å². The number of hydrogen-bond acceptors (Lipinski definition) is 3. The molecule has 1 heterocycles. The lowest BCUT2D eigenvalue weighted by atomic mass is 10.0. The van der Waals surface area contributed by atoms with Gasteiger partial charge in [0.2, 0.25) is 0 Å². The molecule has 1 saturated heterocycles. The van der Waals surface area contributed by atoms with Crippen LogP contribution in [-0.2, 0) is 0 Å². The van der Waals surface area contributed by atoms with Crippen LogP contribution in [0.15, 0.2) is 24.3 Å². The first-order valence-electron chi connectivity index (χ1n) is 7.34. The van der Waals surface area contributed by atoms with E-state index >= 15 is 0 Å². The minimum Gasteiger partial charge on any atom is -0.382 e. The summed E-state index contributed by atoms with van der Waals surface area (Å²) in [6, 6.07) is 10.0. The summed E-state index contributed by atoms with van der Waals surface area (Å²) in [6.07, 6.45) is 2.49. The van der Waals surface area contributed by atoms with Crippen LogP contribution >= 0.6 is 0 Å². The molecule has 0 saturated carbocycles. The number of likely N-dealkylation sites (tertiary alicyclic amines) is 1. The van der Waals surface area contributed by atoms with E-state index in [9.17, 15) is 0 Å². The van der Waals surface area contributed by atoms with Crippen molar-refractivity contribution in [2.45, 2.75) is 38.8 Å². The van der Waals surface area contributed by atoms with E-state index in [0.717, 1.165) is 0 Å². The molecule has 0 aliphatic carbocycles. The first-order valence-corrected chi connectivity index (χ1v) is 7.34. The lowest BCUT2D eigenvalue weighted by Gasteiger charge is -2.35. The molecule has 0 spiro atoms. The van der Waals surface area contributed by atoms with Crippen LogP contribution in [0.25, 0.3) is 0 Å². The van der Waals surface area contributed by atoms with Gasteiger partial charge in [0.15, 0.2) is 0 Å². The van der Waals surface area contributed by atoms with E-state index in [1.807, 2.05) is 0 Å². The smallest absolute Gasteiger partial charge is 0.0362 e. The Morgan fingerprint density at radius 3 is 2.16 bits per heavy atom. The first kappa shape index (κ1) is 14.2. The summed E-state index contributed by atoms with van der Waals surface area (Å²) in [5.41, 5.74) is 2.49. The van der Waals surface area contributed by atoms with Crippen LogP contribution in [0, 0.1) is 0 Å². The van der Waals surface area contributed by atoms with Gasteiger partial charge in [-0.25, -0.2) is 0 Å². The van der Waals surface area contributed by atoms with E-state index in [1.165, 1.54) is 37.3 Å². The summed E-state index contributed by atoms with van der Waals surface area (Å²) in [4.78, 5) is 4.69. The molecule has 0 bridgehead atoms. The summed E-state index contributed by atoms with van der Waals surface area (Å²) in [7, 11) is 4.15. The van der Waals surface area contributed by atoms with Gasteiger partial charge in [-0.1, -0.05) is 0 Å². The molecule has 0 radical (unpaired) electrons. The highest BCUT2D eigenvalue weighted by atomic mass is 15.2. The molecule has 1 N–H and O–H groups in total. The van der Waals surface area contributed by atoms with E-state index in [-0.39, 0.29) is 0 Å². The monoisotopic (exact) mass is 261 g/mol. The molecule has 3 nitrogen and oxygen atoms in total. The SMILES string of the molecule is CC(C)N1CCC(Nc2ccc(N(C)C)cc2)CC1. The maximum atomic E-state index is 3.66. The number of piperidine rings is 1. The Labute approximate surface area is 117 Å². The molecule has 3 heteroatoms. The molecular formula is C16H27N3. The van der Waals surface area contributed by atoms with Crippen molar-refractivity contribution in [3.05, 3.63) is 24.3 Å². The second-order valence-corrected chi connectivity index (χ2v) is 5.99. The minimum atomic E-state index is 0.625. The third-order valence-electron chi connectivity index (χ3n) is 4.01. The summed E-state index contributed by atoms with van der Waals surface area (Å²) in [5, 5.41) is 3.66. The van der Waals surface area contributed by atoms with Gasteiger partial charge in [-0.05, 0) is 51.0 Å². The lowest BCUT2D eigenvalue weighted by Crippen LogP contribution is -2.42. The maximum absolute atomic E-state index is 3.66. The molecule has 0 atom stereocenters. The maximum Gasteiger partial charge on any atom is 0.0362 e. The summed E-state index contributed by atoms with van der Waals surface area (Å²) >= 11 is 0. The Bertz CT molecular complexity index is 375. The summed E-state index contributed by atoms with van der Waals surface area (Å²) < 4.78 is 0. The number of benzene rings is 1. The number of hydrogen-bond donors (Lipinski definition) is 1. The van der Waals surface area contributed by atoms with Gasteiger partial charge >= 0.3 is 0 Å². The van der Waals surface area contributed by atoms with Crippen molar-refractivity contribution < 1.29 is 0 Å². The molecule has 1 fully saturated rings. The van der Waals surface area contributed by atoms with Crippen molar-refractivity contribution in [3.8, 4) is 0 Å². The van der Waals surface area contributed by atoms with Crippen molar-refractivity contribution in [2.75, 3.05) is 37.4 Å². The zero-order valence-corrected chi connectivity index (χ0v) is 12.7. The molecule has 0 unspecified atom stereocenters. The van der Waals surface area contributed by atoms with E-state index < -0.39 is 0 Å². The molecule has 2 rings (SSSR count). The topological polar surface area (TPSA) is 18.5 Å². The Morgan fingerprint density at radius 2 is 1.68 bits per heavy atom. The van der Waals surface area contributed by atoms with E-state index in [1.54, 1.807) is 0 Å². The molecule has 1 aliphatic rings. The molecule has 1 aliphatic heterocycles.